The third-order valence-electron chi connectivity index (χ3n) is 3.97. The van der Waals surface area contributed by atoms with Crippen LogP contribution in [-0.2, 0) is 11.8 Å². The van der Waals surface area contributed by atoms with E-state index in [1.807, 2.05) is 19.9 Å². The predicted octanol–water partition coefficient (Wildman–Crippen LogP) is 1.26. The zero-order valence-electron chi connectivity index (χ0n) is 14.2. The number of ether oxygens (including phenoxy) is 1. The molecule has 1 atom stereocenters. The Morgan fingerprint density at radius 2 is 2.17 bits per heavy atom. The van der Waals surface area contributed by atoms with E-state index in [9.17, 15) is 9.59 Å². The number of hydrogen-bond acceptors (Lipinski definition) is 4. The normalized spacial score (nSPS) is 12.7. The van der Waals surface area contributed by atoms with Crippen molar-refractivity contribution in [2.24, 2.45) is 7.05 Å². The average Bonchev–Trinajstić information content (AvgIpc) is 2.86. The second-order valence-electron chi connectivity index (χ2n) is 6.01. The van der Waals surface area contributed by atoms with E-state index in [2.05, 4.69) is 10.3 Å². The number of carbonyl (C=O) groups is 1. The standard InChI is InChI=1S/C17H20N4O3/c1-10-5-6-14-19-15-12(17(23)21(14)8-10)7-13(20(15)3)16(22)18-11(2)9-24-4/h5-8,11H,9H2,1-4H3,(H,18,22). The first-order chi connectivity index (χ1) is 11.4. The molecule has 0 aromatic carbocycles. The van der Waals surface area contributed by atoms with E-state index in [1.165, 1.54) is 4.40 Å². The molecule has 3 aromatic heterocycles. The molecule has 0 aliphatic carbocycles. The largest absolute Gasteiger partial charge is 0.383 e. The Bertz CT molecular complexity index is 987. The maximum atomic E-state index is 12.7. The Hall–Kier alpha value is -2.67. The first-order valence-corrected chi connectivity index (χ1v) is 7.70. The van der Waals surface area contributed by atoms with Gasteiger partial charge < -0.3 is 14.6 Å². The van der Waals surface area contributed by atoms with Crippen LogP contribution in [0.25, 0.3) is 16.7 Å². The summed E-state index contributed by atoms with van der Waals surface area (Å²) in [5.41, 5.74) is 2.23. The van der Waals surface area contributed by atoms with Gasteiger partial charge in [0.05, 0.1) is 12.0 Å². The average molecular weight is 328 g/mol. The molecule has 3 heterocycles. The summed E-state index contributed by atoms with van der Waals surface area (Å²) in [5.74, 6) is -0.260. The predicted molar refractivity (Wildman–Crippen MR) is 91.5 cm³/mol. The number of nitrogens with one attached hydrogen (secondary N) is 1. The van der Waals surface area contributed by atoms with E-state index in [0.29, 0.717) is 29.0 Å². The van der Waals surface area contributed by atoms with Crippen LogP contribution in [0.4, 0.5) is 0 Å². The number of carbonyl (C=O) groups excluding carboxylic acids is 1. The summed E-state index contributed by atoms with van der Waals surface area (Å²) in [6, 6.07) is 5.16. The van der Waals surface area contributed by atoms with E-state index in [4.69, 9.17) is 4.74 Å². The summed E-state index contributed by atoms with van der Waals surface area (Å²) in [4.78, 5) is 29.7. The van der Waals surface area contributed by atoms with Crippen molar-refractivity contribution in [2.45, 2.75) is 19.9 Å². The fourth-order valence-electron chi connectivity index (χ4n) is 2.78. The van der Waals surface area contributed by atoms with Crippen molar-refractivity contribution in [1.29, 1.82) is 0 Å². The molecule has 1 unspecified atom stereocenters. The lowest BCUT2D eigenvalue weighted by Gasteiger charge is -2.12. The van der Waals surface area contributed by atoms with Gasteiger partial charge in [-0.15, -0.1) is 0 Å². The number of aryl methyl sites for hydroxylation is 2. The molecule has 1 N–H and O–H groups in total. The molecule has 24 heavy (non-hydrogen) atoms. The molecular weight excluding hydrogens is 308 g/mol. The third kappa shape index (κ3) is 2.67. The van der Waals surface area contributed by atoms with Gasteiger partial charge >= 0.3 is 0 Å². The second kappa shape index (κ2) is 6.09. The molecule has 7 nitrogen and oxygen atoms in total. The van der Waals surface area contributed by atoms with E-state index in [0.717, 1.165) is 5.56 Å². The second-order valence-corrected chi connectivity index (χ2v) is 6.01. The zero-order valence-corrected chi connectivity index (χ0v) is 14.2. The summed E-state index contributed by atoms with van der Waals surface area (Å²) in [7, 11) is 3.31. The maximum absolute atomic E-state index is 12.7. The Morgan fingerprint density at radius 1 is 1.42 bits per heavy atom. The molecule has 3 aromatic rings. The number of nitrogens with zero attached hydrogens (tertiary/aromatic N) is 3. The third-order valence-corrected chi connectivity index (χ3v) is 3.97. The van der Waals surface area contributed by atoms with Gasteiger partial charge in [-0.05, 0) is 31.5 Å². The van der Waals surface area contributed by atoms with Crippen molar-refractivity contribution in [2.75, 3.05) is 13.7 Å². The molecule has 0 bridgehead atoms. The molecule has 0 spiro atoms. The summed E-state index contributed by atoms with van der Waals surface area (Å²) >= 11 is 0. The van der Waals surface area contributed by atoms with Gasteiger partial charge in [-0.2, -0.15) is 0 Å². The number of hydrogen-bond donors (Lipinski definition) is 1. The lowest BCUT2D eigenvalue weighted by atomic mass is 10.3. The Labute approximate surface area is 138 Å². The smallest absolute Gasteiger partial charge is 0.268 e. The Kier molecular flexibility index (Phi) is 4.11. The highest BCUT2D eigenvalue weighted by molar-refractivity contribution is 5.98. The van der Waals surface area contributed by atoms with Crippen molar-refractivity contribution < 1.29 is 9.53 Å². The first kappa shape index (κ1) is 16.2. The maximum Gasteiger partial charge on any atom is 0.268 e. The molecule has 0 aliphatic heterocycles. The van der Waals surface area contributed by atoms with Gasteiger partial charge in [-0.3, -0.25) is 14.0 Å². The molecule has 0 radical (unpaired) electrons. The highest BCUT2D eigenvalue weighted by Gasteiger charge is 2.18. The van der Waals surface area contributed by atoms with Crippen LogP contribution in [0, 0.1) is 6.92 Å². The number of methoxy groups -OCH3 is 1. The van der Waals surface area contributed by atoms with Crippen molar-refractivity contribution in [3.05, 3.63) is 46.0 Å². The molecule has 3 rings (SSSR count). The fraction of sp³-hybridized carbons (Fsp3) is 0.353. The van der Waals surface area contributed by atoms with Crippen LogP contribution in [-0.4, -0.2) is 39.6 Å². The van der Waals surface area contributed by atoms with Crippen molar-refractivity contribution in [3.8, 4) is 0 Å². The van der Waals surface area contributed by atoms with E-state index >= 15 is 0 Å². The molecule has 126 valence electrons. The van der Waals surface area contributed by atoms with Crippen LogP contribution < -0.4 is 10.9 Å². The lowest BCUT2D eigenvalue weighted by molar-refractivity contribution is 0.0898. The topological polar surface area (TPSA) is 77.6 Å². The van der Waals surface area contributed by atoms with Gasteiger partial charge in [0.15, 0.2) is 0 Å². The minimum absolute atomic E-state index is 0.128. The Morgan fingerprint density at radius 3 is 2.88 bits per heavy atom. The quantitative estimate of drug-likeness (QED) is 0.782. The number of aromatic nitrogens is 3. The van der Waals surface area contributed by atoms with E-state index in [1.54, 1.807) is 37.1 Å². The summed E-state index contributed by atoms with van der Waals surface area (Å²) in [5, 5.41) is 3.27. The first-order valence-electron chi connectivity index (χ1n) is 7.70. The lowest BCUT2D eigenvalue weighted by Crippen LogP contribution is -2.36. The van der Waals surface area contributed by atoms with Crippen molar-refractivity contribution >= 4 is 22.6 Å². The summed E-state index contributed by atoms with van der Waals surface area (Å²) < 4.78 is 8.18. The van der Waals surface area contributed by atoms with Crippen LogP contribution in [0.2, 0.25) is 0 Å². The highest BCUT2D eigenvalue weighted by Crippen LogP contribution is 2.15. The monoisotopic (exact) mass is 328 g/mol. The molecule has 0 aliphatic rings. The summed E-state index contributed by atoms with van der Waals surface area (Å²) in [6.07, 6.45) is 1.75. The SMILES string of the molecule is COCC(C)NC(=O)c1cc2c(=O)n3cc(C)ccc3nc2n1C. The number of fused-ring (bicyclic) bond motifs is 2. The van der Waals surface area contributed by atoms with E-state index in [-0.39, 0.29) is 17.5 Å². The number of rotatable bonds is 4. The van der Waals surface area contributed by atoms with Crippen LogP contribution in [0.1, 0.15) is 23.0 Å². The minimum Gasteiger partial charge on any atom is -0.383 e. The van der Waals surface area contributed by atoms with Crippen LogP contribution >= 0.6 is 0 Å². The van der Waals surface area contributed by atoms with Gasteiger partial charge in [0.2, 0.25) is 0 Å². The molecular formula is C17H20N4O3. The molecule has 7 heteroatoms. The van der Waals surface area contributed by atoms with Gasteiger partial charge in [0.25, 0.3) is 11.5 Å². The van der Waals surface area contributed by atoms with Crippen LogP contribution in [0.15, 0.2) is 29.2 Å². The van der Waals surface area contributed by atoms with Crippen LogP contribution in [0.3, 0.4) is 0 Å². The van der Waals surface area contributed by atoms with Gasteiger partial charge in [-0.1, -0.05) is 6.07 Å². The van der Waals surface area contributed by atoms with Crippen molar-refractivity contribution in [3.63, 3.8) is 0 Å². The van der Waals surface area contributed by atoms with Gasteiger partial charge in [0.1, 0.15) is 17.0 Å². The molecule has 0 saturated heterocycles. The highest BCUT2D eigenvalue weighted by atomic mass is 16.5. The van der Waals surface area contributed by atoms with E-state index < -0.39 is 0 Å². The minimum atomic E-state index is -0.260. The van der Waals surface area contributed by atoms with Crippen molar-refractivity contribution in [1.82, 2.24) is 19.3 Å². The van der Waals surface area contributed by atoms with Gasteiger partial charge in [-0.25, -0.2) is 4.98 Å². The Balaban J connectivity index is 2.13. The zero-order chi connectivity index (χ0) is 17.4. The number of pyridine rings is 1. The summed E-state index contributed by atoms with van der Waals surface area (Å²) in [6.45, 7) is 4.19. The van der Waals surface area contributed by atoms with Gasteiger partial charge in [0, 0.05) is 26.4 Å². The number of amides is 1. The fourth-order valence-corrected chi connectivity index (χ4v) is 2.78. The van der Waals surface area contributed by atoms with Crippen LogP contribution in [0.5, 0.6) is 0 Å². The molecule has 0 saturated carbocycles. The molecule has 0 fully saturated rings. The molecule has 1 amide bonds.